The van der Waals surface area contributed by atoms with Crippen LogP contribution >= 0.6 is 11.6 Å². The first-order chi connectivity index (χ1) is 12.8. The Labute approximate surface area is 165 Å². The van der Waals surface area contributed by atoms with Gasteiger partial charge in [0.25, 0.3) is 5.91 Å². The van der Waals surface area contributed by atoms with Gasteiger partial charge in [-0.3, -0.25) is 9.59 Å². The summed E-state index contributed by atoms with van der Waals surface area (Å²) in [6, 6.07) is 3.78. The molecule has 3 rings (SSSR count). The molecule has 0 bridgehead atoms. The number of ketones is 1. The van der Waals surface area contributed by atoms with Crippen LogP contribution in [0.2, 0.25) is 5.02 Å². The van der Waals surface area contributed by atoms with Crippen LogP contribution in [-0.4, -0.2) is 35.8 Å². The van der Waals surface area contributed by atoms with Crippen molar-refractivity contribution >= 4 is 23.3 Å². The summed E-state index contributed by atoms with van der Waals surface area (Å²) in [5, 5.41) is 0.374. The Kier molecular flexibility index (Phi) is 5.75. The summed E-state index contributed by atoms with van der Waals surface area (Å²) in [6.45, 7) is 8.82. The molecular formula is C22H26ClNO3. The molecule has 1 aromatic carbocycles. The van der Waals surface area contributed by atoms with Crippen molar-refractivity contribution in [3.8, 4) is 5.75 Å². The zero-order valence-electron chi connectivity index (χ0n) is 16.4. The fraction of sp³-hybridized carbons (Fsp3) is 0.455. The van der Waals surface area contributed by atoms with Crippen LogP contribution in [0.4, 0.5) is 0 Å². The quantitative estimate of drug-likeness (QED) is 0.732. The lowest BCUT2D eigenvalue weighted by molar-refractivity contribution is -0.115. The minimum atomic E-state index is -0.129. The number of halogens is 1. The predicted molar refractivity (Wildman–Crippen MR) is 108 cm³/mol. The largest absolute Gasteiger partial charge is 0.489 e. The van der Waals surface area contributed by atoms with E-state index in [1.807, 2.05) is 45.9 Å². The highest BCUT2D eigenvalue weighted by Crippen LogP contribution is 2.35. The third-order valence-electron chi connectivity index (χ3n) is 5.31. The van der Waals surface area contributed by atoms with Crippen LogP contribution in [0.15, 0.2) is 34.9 Å². The van der Waals surface area contributed by atoms with Gasteiger partial charge in [-0.05, 0) is 50.8 Å². The standard InChI is InChI=1S/C22H26ClNO3/c1-5-15(4)27-19-7-6-16-8-9-24(22(26)20(16)21(19)23)12-17-14(3)10-13(2)11-18(17)25/h6-7,10,15H,5,8-9,11-12H2,1-4H3. The smallest absolute Gasteiger partial charge is 0.256 e. The number of carbonyl (C=O) groups excluding carboxylic acids is 2. The number of fused-ring (bicyclic) bond motifs is 1. The number of carbonyl (C=O) groups is 2. The molecule has 1 aromatic rings. The maximum absolute atomic E-state index is 13.1. The lowest BCUT2D eigenvalue weighted by Crippen LogP contribution is -2.40. The number of hydrogen-bond donors (Lipinski definition) is 0. The van der Waals surface area contributed by atoms with Gasteiger partial charge in [-0.15, -0.1) is 0 Å². The van der Waals surface area contributed by atoms with E-state index in [1.165, 1.54) is 0 Å². The Hall–Kier alpha value is -2.07. The summed E-state index contributed by atoms with van der Waals surface area (Å²) in [5.74, 6) is 0.518. The van der Waals surface area contributed by atoms with Gasteiger partial charge in [0, 0.05) is 25.1 Å². The summed E-state index contributed by atoms with van der Waals surface area (Å²) < 4.78 is 5.87. The number of amides is 1. The average Bonchev–Trinajstić information content (AvgIpc) is 2.61. The highest BCUT2D eigenvalue weighted by atomic mass is 35.5. The average molecular weight is 388 g/mol. The Morgan fingerprint density at radius 3 is 2.67 bits per heavy atom. The van der Waals surface area contributed by atoms with E-state index >= 15 is 0 Å². The van der Waals surface area contributed by atoms with Gasteiger partial charge < -0.3 is 9.64 Å². The second kappa shape index (κ2) is 7.89. The topological polar surface area (TPSA) is 46.6 Å². The maximum Gasteiger partial charge on any atom is 0.256 e. The number of allylic oxidation sites excluding steroid dienone is 3. The predicted octanol–water partition coefficient (Wildman–Crippen LogP) is 4.75. The molecule has 4 nitrogen and oxygen atoms in total. The van der Waals surface area contributed by atoms with E-state index < -0.39 is 0 Å². The first-order valence-corrected chi connectivity index (χ1v) is 9.87. The Bertz CT molecular complexity index is 853. The third kappa shape index (κ3) is 3.96. The zero-order valence-corrected chi connectivity index (χ0v) is 17.2. The molecule has 1 atom stereocenters. The SMILES string of the molecule is CCC(C)Oc1ccc2c(c1Cl)C(=O)N(CC1=C(C)C=C(C)CC1=O)CC2. The van der Waals surface area contributed by atoms with E-state index in [0.717, 1.165) is 35.1 Å². The Balaban J connectivity index is 1.88. The number of ether oxygens (including phenoxy) is 1. The molecule has 0 saturated heterocycles. The van der Waals surface area contributed by atoms with E-state index in [9.17, 15) is 9.59 Å². The molecule has 1 amide bonds. The Morgan fingerprint density at radius 1 is 1.26 bits per heavy atom. The molecule has 0 saturated carbocycles. The molecule has 0 radical (unpaired) electrons. The number of benzene rings is 1. The van der Waals surface area contributed by atoms with Gasteiger partial charge >= 0.3 is 0 Å². The van der Waals surface area contributed by atoms with Crippen LogP contribution in [0.1, 0.15) is 56.5 Å². The molecule has 1 heterocycles. The van der Waals surface area contributed by atoms with Crippen molar-refractivity contribution < 1.29 is 14.3 Å². The van der Waals surface area contributed by atoms with Gasteiger partial charge in [-0.2, -0.15) is 0 Å². The van der Waals surface area contributed by atoms with Crippen molar-refractivity contribution in [1.82, 2.24) is 4.90 Å². The monoisotopic (exact) mass is 387 g/mol. The molecule has 2 aliphatic rings. The van der Waals surface area contributed by atoms with Crippen molar-refractivity contribution in [3.05, 3.63) is 51.1 Å². The van der Waals surface area contributed by atoms with Crippen molar-refractivity contribution in [2.45, 2.75) is 53.1 Å². The van der Waals surface area contributed by atoms with Crippen molar-refractivity contribution in [2.75, 3.05) is 13.1 Å². The Morgan fingerprint density at radius 2 is 2.00 bits per heavy atom. The highest BCUT2D eigenvalue weighted by molar-refractivity contribution is 6.35. The fourth-order valence-electron chi connectivity index (χ4n) is 3.58. The van der Waals surface area contributed by atoms with Gasteiger partial charge in [0.2, 0.25) is 0 Å². The lowest BCUT2D eigenvalue weighted by Gasteiger charge is -2.31. The summed E-state index contributed by atoms with van der Waals surface area (Å²) in [4.78, 5) is 27.3. The van der Waals surface area contributed by atoms with Crippen molar-refractivity contribution in [1.29, 1.82) is 0 Å². The summed E-state index contributed by atoms with van der Waals surface area (Å²) in [5.41, 5.74) is 4.18. The first kappa shape index (κ1) is 19.7. The number of hydrogen-bond acceptors (Lipinski definition) is 3. The molecule has 0 N–H and O–H groups in total. The van der Waals surface area contributed by atoms with Crippen LogP contribution < -0.4 is 4.74 Å². The van der Waals surface area contributed by atoms with E-state index in [0.29, 0.717) is 35.8 Å². The van der Waals surface area contributed by atoms with E-state index in [-0.39, 0.29) is 17.8 Å². The third-order valence-corrected chi connectivity index (χ3v) is 5.69. The normalized spacial score (nSPS) is 18.4. The molecular weight excluding hydrogens is 362 g/mol. The van der Waals surface area contributed by atoms with E-state index in [2.05, 4.69) is 0 Å². The molecule has 1 unspecified atom stereocenters. The molecule has 5 heteroatoms. The molecule has 144 valence electrons. The fourth-order valence-corrected chi connectivity index (χ4v) is 3.89. The summed E-state index contributed by atoms with van der Waals surface area (Å²) >= 11 is 6.55. The zero-order chi connectivity index (χ0) is 19.7. The van der Waals surface area contributed by atoms with Crippen LogP contribution in [0.25, 0.3) is 0 Å². The number of nitrogens with zero attached hydrogens (tertiary/aromatic N) is 1. The molecule has 0 spiro atoms. The molecule has 1 aliphatic heterocycles. The first-order valence-electron chi connectivity index (χ1n) is 9.49. The minimum absolute atomic E-state index is 0.0260. The van der Waals surface area contributed by atoms with Gasteiger partial charge in [0.05, 0.1) is 16.7 Å². The maximum atomic E-state index is 13.1. The lowest BCUT2D eigenvalue weighted by atomic mass is 9.91. The van der Waals surface area contributed by atoms with Gasteiger partial charge in [0.1, 0.15) is 5.75 Å². The van der Waals surface area contributed by atoms with Crippen LogP contribution in [0.5, 0.6) is 5.75 Å². The van der Waals surface area contributed by atoms with Gasteiger partial charge in [-0.25, -0.2) is 0 Å². The molecule has 27 heavy (non-hydrogen) atoms. The van der Waals surface area contributed by atoms with Gasteiger partial charge in [0.15, 0.2) is 5.78 Å². The second-order valence-electron chi connectivity index (χ2n) is 7.48. The van der Waals surface area contributed by atoms with Crippen LogP contribution in [-0.2, 0) is 11.2 Å². The number of Topliss-reactive ketones (excluding diaryl/α,β-unsaturated/α-hetero) is 1. The highest BCUT2D eigenvalue weighted by Gasteiger charge is 2.31. The summed E-state index contributed by atoms with van der Waals surface area (Å²) in [6.07, 6.45) is 4.07. The van der Waals surface area contributed by atoms with E-state index in [4.69, 9.17) is 16.3 Å². The second-order valence-corrected chi connectivity index (χ2v) is 7.86. The molecule has 0 aromatic heterocycles. The van der Waals surface area contributed by atoms with Gasteiger partial charge in [-0.1, -0.05) is 36.2 Å². The minimum Gasteiger partial charge on any atom is -0.489 e. The van der Waals surface area contributed by atoms with E-state index in [1.54, 1.807) is 4.90 Å². The van der Waals surface area contributed by atoms with Crippen LogP contribution in [0.3, 0.4) is 0 Å². The summed E-state index contributed by atoms with van der Waals surface area (Å²) in [7, 11) is 0. The number of rotatable bonds is 5. The molecule has 0 fully saturated rings. The molecule has 1 aliphatic carbocycles. The van der Waals surface area contributed by atoms with Crippen molar-refractivity contribution in [2.24, 2.45) is 0 Å². The van der Waals surface area contributed by atoms with Crippen LogP contribution in [0, 0.1) is 0 Å². The van der Waals surface area contributed by atoms with Crippen molar-refractivity contribution in [3.63, 3.8) is 0 Å².